The third-order valence-electron chi connectivity index (χ3n) is 2.86. The van der Waals surface area contributed by atoms with Crippen LogP contribution in [0.1, 0.15) is 41.8 Å². The van der Waals surface area contributed by atoms with Crippen LogP contribution in [0.15, 0.2) is 0 Å². The third-order valence-corrected chi connectivity index (χ3v) is 4.28. The Balaban J connectivity index is 2.21. The molecule has 0 fully saturated rings. The van der Waals surface area contributed by atoms with Crippen molar-refractivity contribution in [2.24, 2.45) is 0 Å². The molecule has 1 aromatic heterocycles. The van der Waals surface area contributed by atoms with Gasteiger partial charge in [0.1, 0.15) is 0 Å². The van der Waals surface area contributed by atoms with E-state index in [4.69, 9.17) is 4.98 Å². The predicted molar refractivity (Wildman–Crippen MR) is 61.1 cm³/mol. The van der Waals surface area contributed by atoms with Crippen LogP contribution in [0.2, 0.25) is 0 Å². The van der Waals surface area contributed by atoms with E-state index in [2.05, 4.69) is 26.2 Å². The summed E-state index contributed by atoms with van der Waals surface area (Å²) >= 11 is 1.91. The van der Waals surface area contributed by atoms with Crippen LogP contribution in [0.4, 0.5) is 0 Å². The molecule has 14 heavy (non-hydrogen) atoms. The monoisotopic (exact) mass is 210 g/mol. The number of nitrogens with zero attached hydrogens (tertiary/aromatic N) is 1. The SMILES string of the molecule is CN[C@H]1CCc2nc(C(C)C)sc2C1. The predicted octanol–water partition coefficient (Wildman–Crippen LogP) is 2.34. The summed E-state index contributed by atoms with van der Waals surface area (Å²) in [6.45, 7) is 4.44. The first-order valence-corrected chi connectivity index (χ1v) is 6.18. The smallest absolute Gasteiger partial charge is 0.0956 e. The molecule has 0 amide bonds. The highest BCUT2D eigenvalue weighted by Gasteiger charge is 2.21. The van der Waals surface area contributed by atoms with E-state index in [1.807, 2.05) is 11.3 Å². The van der Waals surface area contributed by atoms with Crippen molar-refractivity contribution in [3.63, 3.8) is 0 Å². The summed E-state index contributed by atoms with van der Waals surface area (Å²) in [6.07, 6.45) is 3.57. The minimum Gasteiger partial charge on any atom is -0.317 e. The number of hydrogen-bond acceptors (Lipinski definition) is 3. The van der Waals surface area contributed by atoms with Crippen molar-refractivity contribution in [2.75, 3.05) is 7.05 Å². The first kappa shape index (κ1) is 10.1. The normalized spacial score (nSPS) is 21.3. The van der Waals surface area contributed by atoms with Gasteiger partial charge in [0.2, 0.25) is 0 Å². The molecule has 0 spiro atoms. The Bertz CT molecular complexity index is 317. The number of thiazole rings is 1. The summed E-state index contributed by atoms with van der Waals surface area (Å²) in [7, 11) is 2.06. The molecular weight excluding hydrogens is 192 g/mol. The van der Waals surface area contributed by atoms with Crippen molar-refractivity contribution in [1.82, 2.24) is 10.3 Å². The Labute approximate surface area is 89.8 Å². The fraction of sp³-hybridized carbons (Fsp3) is 0.727. The fourth-order valence-corrected chi connectivity index (χ4v) is 3.08. The number of aromatic nitrogens is 1. The van der Waals surface area contributed by atoms with Gasteiger partial charge in [-0.05, 0) is 26.3 Å². The molecule has 1 aromatic rings. The van der Waals surface area contributed by atoms with Crippen LogP contribution in [-0.4, -0.2) is 18.1 Å². The summed E-state index contributed by atoms with van der Waals surface area (Å²) in [5.74, 6) is 0.582. The van der Waals surface area contributed by atoms with Crippen LogP contribution in [0.25, 0.3) is 0 Å². The maximum absolute atomic E-state index is 4.71. The Morgan fingerprint density at radius 3 is 2.93 bits per heavy atom. The molecule has 0 radical (unpaired) electrons. The molecule has 0 saturated heterocycles. The lowest BCUT2D eigenvalue weighted by molar-refractivity contribution is 0.496. The van der Waals surface area contributed by atoms with Crippen LogP contribution in [0, 0.1) is 0 Å². The molecule has 78 valence electrons. The summed E-state index contributed by atoms with van der Waals surface area (Å²) in [4.78, 5) is 6.22. The molecule has 0 saturated carbocycles. The molecule has 0 aromatic carbocycles. The Morgan fingerprint density at radius 1 is 1.50 bits per heavy atom. The number of likely N-dealkylation sites (N-methyl/N-ethyl adjacent to an activating group) is 1. The van der Waals surface area contributed by atoms with Gasteiger partial charge in [-0.15, -0.1) is 11.3 Å². The fourth-order valence-electron chi connectivity index (χ4n) is 1.89. The van der Waals surface area contributed by atoms with E-state index in [-0.39, 0.29) is 0 Å². The number of aryl methyl sites for hydroxylation is 1. The molecule has 0 aliphatic heterocycles. The molecule has 1 aliphatic carbocycles. The van der Waals surface area contributed by atoms with Crippen molar-refractivity contribution < 1.29 is 0 Å². The van der Waals surface area contributed by atoms with Gasteiger partial charge in [0.15, 0.2) is 0 Å². The van der Waals surface area contributed by atoms with Gasteiger partial charge >= 0.3 is 0 Å². The lowest BCUT2D eigenvalue weighted by Crippen LogP contribution is -2.30. The van der Waals surface area contributed by atoms with E-state index >= 15 is 0 Å². The van der Waals surface area contributed by atoms with E-state index in [9.17, 15) is 0 Å². The highest BCUT2D eigenvalue weighted by Crippen LogP contribution is 2.30. The second-order valence-corrected chi connectivity index (χ2v) is 5.42. The van der Waals surface area contributed by atoms with Gasteiger partial charge < -0.3 is 5.32 Å². The number of nitrogens with one attached hydrogen (secondary N) is 1. The van der Waals surface area contributed by atoms with Gasteiger partial charge in [-0.1, -0.05) is 13.8 Å². The van der Waals surface area contributed by atoms with Crippen LogP contribution in [0.3, 0.4) is 0 Å². The number of fused-ring (bicyclic) bond motifs is 1. The van der Waals surface area contributed by atoms with E-state index in [1.165, 1.54) is 28.4 Å². The summed E-state index contributed by atoms with van der Waals surface area (Å²) < 4.78 is 0. The molecule has 2 nitrogen and oxygen atoms in total. The van der Waals surface area contributed by atoms with Crippen molar-refractivity contribution >= 4 is 11.3 Å². The van der Waals surface area contributed by atoms with E-state index in [1.54, 1.807) is 0 Å². The maximum Gasteiger partial charge on any atom is 0.0956 e. The first-order chi connectivity index (χ1) is 6.70. The quantitative estimate of drug-likeness (QED) is 0.810. The highest BCUT2D eigenvalue weighted by atomic mass is 32.1. The second-order valence-electron chi connectivity index (χ2n) is 4.31. The average molecular weight is 210 g/mol. The summed E-state index contributed by atoms with van der Waals surface area (Å²) in [5.41, 5.74) is 1.37. The zero-order chi connectivity index (χ0) is 10.1. The maximum atomic E-state index is 4.71. The first-order valence-electron chi connectivity index (χ1n) is 5.36. The largest absolute Gasteiger partial charge is 0.317 e. The Hall–Kier alpha value is -0.410. The van der Waals surface area contributed by atoms with Crippen LogP contribution in [-0.2, 0) is 12.8 Å². The third kappa shape index (κ3) is 1.84. The minimum atomic E-state index is 0.582. The summed E-state index contributed by atoms with van der Waals surface area (Å²) in [5, 5.41) is 4.67. The molecule has 1 heterocycles. The van der Waals surface area contributed by atoms with Gasteiger partial charge in [-0.3, -0.25) is 0 Å². The van der Waals surface area contributed by atoms with Crippen molar-refractivity contribution in [2.45, 2.75) is 45.1 Å². The van der Waals surface area contributed by atoms with Crippen molar-refractivity contribution in [3.8, 4) is 0 Å². The molecule has 3 heteroatoms. The van der Waals surface area contributed by atoms with E-state index < -0.39 is 0 Å². The topological polar surface area (TPSA) is 24.9 Å². The molecule has 0 bridgehead atoms. The average Bonchev–Trinajstić information content (AvgIpc) is 2.59. The van der Waals surface area contributed by atoms with E-state index in [0.29, 0.717) is 12.0 Å². The number of rotatable bonds is 2. The molecular formula is C11H18N2S. The highest BCUT2D eigenvalue weighted by molar-refractivity contribution is 7.11. The zero-order valence-corrected chi connectivity index (χ0v) is 9.95. The van der Waals surface area contributed by atoms with Crippen LogP contribution < -0.4 is 5.32 Å². The van der Waals surface area contributed by atoms with Crippen molar-refractivity contribution in [1.29, 1.82) is 0 Å². The molecule has 0 unspecified atom stereocenters. The minimum absolute atomic E-state index is 0.582. The van der Waals surface area contributed by atoms with Crippen LogP contribution in [0.5, 0.6) is 0 Å². The molecule has 1 N–H and O–H groups in total. The van der Waals surface area contributed by atoms with Gasteiger partial charge in [-0.2, -0.15) is 0 Å². The van der Waals surface area contributed by atoms with Gasteiger partial charge in [0, 0.05) is 16.8 Å². The zero-order valence-electron chi connectivity index (χ0n) is 9.13. The van der Waals surface area contributed by atoms with Gasteiger partial charge in [0.05, 0.1) is 10.7 Å². The number of hydrogen-bond donors (Lipinski definition) is 1. The molecule has 1 atom stereocenters. The van der Waals surface area contributed by atoms with Gasteiger partial charge in [0.25, 0.3) is 0 Å². The van der Waals surface area contributed by atoms with Gasteiger partial charge in [-0.25, -0.2) is 4.98 Å². The Morgan fingerprint density at radius 2 is 2.29 bits per heavy atom. The lowest BCUT2D eigenvalue weighted by atomic mass is 9.98. The second kappa shape index (κ2) is 3.99. The molecule has 1 aliphatic rings. The Kier molecular flexibility index (Phi) is 2.88. The lowest BCUT2D eigenvalue weighted by Gasteiger charge is -2.19. The van der Waals surface area contributed by atoms with E-state index in [0.717, 1.165) is 6.42 Å². The summed E-state index contributed by atoms with van der Waals surface area (Å²) in [6, 6.07) is 0.669. The van der Waals surface area contributed by atoms with Crippen LogP contribution >= 0.6 is 11.3 Å². The van der Waals surface area contributed by atoms with Crippen molar-refractivity contribution in [3.05, 3.63) is 15.6 Å². The standard InChI is InChI=1S/C11H18N2S/c1-7(2)11-13-9-5-4-8(12-3)6-10(9)14-11/h7-8,12H,4-6H2,1-3H3/t8-/m0/s1. The molecule has 2 rings (SSSR count).